The Morgan fingerprint density at radius 1 is 1.40 bits per heavy atom. The zero-order valence-electron chi connectivity index (χ0n) is 11.8. The van der Waals surface area contributed by atoms with Crippen LogP contribution in [-0.4, -0.2) is 32.3 Å². The molecule has 1 aromatic carbocycles. The summed E-state index contributed by atoms with van der Waals surface area (Å²) in [4.78, 5) is 13.5. The van der Waals surface area contributed by atoms with Gasteiger partial charge in [0, 0.05) is 17.7 Å². The predicted octanol–water partition coefficient (Wildman–Crippen LogP) is 0.669. The molecular formula is C15H21N2O3+. The molecule has 0 radical (unpaired) electrons. The second-order valence-corrected chi connectivity index (χ2v) is 5.74. The SMILES string of the molecule is C[C@@H]1CCC[NH+](CC(=O)Nc2ccc3c(c2)OCO3)C1. The lowest BCUT2D eigenvalue weighted by Gasteiger charge is -2.27. The normalized spacial score (nSPS) is 24.4. The number of benzene rings is 1. The Balaban J connectivity index is 1.56. The fourth-order valence-corrected chi connectivity index (χ4v) is 2.96. The Morgan fingerprint density at radius 3 is 3.10 bits per heavy atom. The smallest absolute Gasteiger partial charge is 0.279 e. The number of amides is 1. The molecule has 2 heterocycles. The third kappa shape index (κ3) is 3.04. The fraction of sp³-hybridized carbons (Fsp3) is 0.533. The minimum Gasteiger partial charge on any atom is -0.454 e. The number of anilines is 1. The summed E-state index contributed by atoms with van der Waals surface area (Å²) < 4.78 is 10.6. The van der Waals surface area contributed by atoms with Crippen molar-refractivity contribution in [3.05, 3.63) is 18.2 Å². The average molecular weight is 277 g/mol. The molecule has 0 saturated carbocycles. The predicted molar refractivity (Wildman–Crippen MR) is 75.2 cm³/mol. The number of fused-ring (bicyclic) bond motifs is 1. The highest BCUT2D eigenvalue weighted by Gasteiger charge is 2.22. The Kier molecular flexibility index (Phi) is 3.78. The maximum atomic E-state index is 12.1. The minimum absolute atomic E-state index is 0.0629. The molecule has 1 unspecified atom stereocenters. The van der Waals surface area contributed by atoms with Gasteiger partial charge in [-0.1, -0.05) is 6.92 Å². The number of hydrogen-bond acceptors (Lipinski definition) is 3. The zero-order valence-corrected chi connectivity index (χ0v) is 11.8. The first-order valence-corrected chi connectivity index (χ1v) is 7.24. The molecule has 1 amide bonds. The van der Waals surface area contributed by atoms with E-state index in [9.17, 15) is 4.79 Å². The monoisotopic (exact) mass is 277 g/mol. The van der Waals surface area contributed by atoms with Crippen molar-refractivity contribution in [1.82, 2.24) is 0 Å². The van der Waals surface area contributed by atoms with Gasteiger partial charge in [0.05, 0.1) is 13.1 Å². The largest absolute Gasteiger partial charge is 0.454 e. The molecule has 0 spiro atoms. The first kappa shape index (κ1) is 13.2. The van der Waals surface area contributed by atoms with Crippen molar-refractivity contribution < 1.29 is 19.2 Å². The molecule has 2 N–H and O–H groups in total. The summed E-state index contributed by atoms with van der Waals surface area (Å²) >= 11 is 0. The van der Waals surface area contributed by atoms with E-state index in [2.05, 4.69) is 12.2 Å². The second-order valence-electron chi connectivity index (χ2n) is 5.74. The van der Waals surface area contributed by atoms with Gasteiger partial charge in [0.1, 0.15) is 0 Å². The van der Waals surface area contributed by atoms with Gasteiger partial charge >= 0.3 is 0 Å². The molecule has 108 valence electrons. The van der Waals surface area contributed by atoms with Crippen molar-refractivity contribution in [2.45, 2.75) is 19.8 Å². The number of carbonyl (C=O) groups excluding carboxylic acids is 1. The van der Waals surface area contributed by atoms with Crippen LogP contribution < -0.4 is 19.7 Å². The maximum absolute atomic E-state index is 12.1. The van der Waals surface area contributed by atoms with Gasteiger partial charge in [0.15, 0.2) is 18.0 Å². The highest BCUT2D eigenvalue weighted by molar-refractivity contribution is 5.91. The van der Waals surface area contributed by atoms with E-state index in [-0.39, 0.29) is 12.7 Å². The van der Waals surface area contributed by atoms with E-state index in [1.807, 2.05) is 18.2 Å². The van der Waals surface area contributed by atoms with E-state index in [0.29, 0.717) is 12.3 Å². The Hall–Kier alpha value is -1.75. The summed E-state index contributed by atoms with van der Waals surface area (Å²) in [5, 5.41) is 2.94. The number of rotatable bonds is 3. The first-order valence-electron chi connectivity index (χ1n) is 7.24. The molecule has 5 heteroatoms. The summed E-state index contributed by atoms with van der Waals surface area (Å²) in [5.74, 6) is 2.21. The van der Waals surface area contributed by atoms with E-state index < -0.39 is 0 Å². The summed E-state index contributed by atoms with van der Waals surface area (Å²) in [6, 6.07) is 5.49. The van der Waals surface area contributed by atoms with Crippen LogP contribution in [0.25, 0.3) is 0 Å². The van der Waals surface area contributed by atoms with Crippen LogP contribution in [0, 0.1) is 5.92 Å². The summed E-state index contributed by atoms with van der Waals surface area (Å²) in [5.41, 5.74) is 0.767. The highest BCUT2D eigenvalue weighted by atomic mass is 16.7. The van der Waals surface area contributed by atoms with Crippen LogP contribution in [0.3, 0.4) is 0 Å². The summed E-state index contributed by atoms with van der Waals surface area (Å²) in [6.07, 6.45) is 2.50. The molecule has 1 aromatic rings. The Bertz CT molecular complexity index is 504. The van der Waals surface area contributed by atoms with Crippen molar-refractivity contribution in [1.29, 1.82) is 0 Å². The van der Waals surface area contributed by atoms with Crippen molar-refractivity contribution in [3.8, 4) is 11.5 Å². The summed E-state index contributed by atoms with van der Waals surface area (Å²) in [6.45, 7) is 5.24. The van der Waals surface area contributed by atoms with Crippen molar-refractivity contribution >= 4 is 11.6 Å². The van der Waals surface area contributed by atoms with Crippen LogP contribution in [0.2, 0.25) is 0 Å². The van der Waals surface area contributed by atoms with Gasteiger partial charge < -0.3 is 19.7 Å². The third-order valence-electron chi connectivity index (χ3n) is 3.93. The number of ether oxygens (including phenoxy) is 2. The molecule has 1 saturated heterocycles. The summed E-state index contributed by atoms with van der Waals surface area (Å²) in [7, 11) is 0. The van der Waals surface area contributed by atoms with E-state index in [0.717, 1.165) is 30.4 Å². The molecule has 2 atom stereocenters. The average Bonchev–Trinajstić information content (AvgIpc) is 2.86. The Labute approximate surface area is 118 Å². The molecule has 5 nitrogen and oxygen atoms in total. The van der Waals surface area contributed by atoms with Crippen LogP contribution in [0.15, 0.2) is 18.2 Å². The highest BCUT2D eigenvalue weighted by Crippen LogP contribution is 2.34. The van der Waals surface area contributed by atoms with E-state index in [4.69, 9.17) is 9.47 Å². The molecule has 1 fully saturated rings. The van der Waals surface area contributed by atoms with E-state index in [1.165, 1.54) is 17.7 Å². The van der Waals surface area contributed by atoms with Crippen molar-refractivity contribution in [2.24, 2.45) is 5.92 Å². The van der Waals surface area contributed by atoms with E-state index in [1.54, 1.807) is 0 Å². The topological polar surface area (TPSA) is 52.0 Å². The standard InChI is InChI=1S/C15H20N2O3/c1-11-3-2-6-17(8-11)9-15(18)16-12-4-5-13-14(7-12)20-10-19-13/h4-5,7,11H,2-3,6,8-10H2,1H3,(H,16,18)/p+1/t11-/m1/s1. The number of piperidine rings is 1. The number of quaternary nitrogens is 1. The molecule has 0 aliphatic carbocycles. The van der Waals surface area contributed by atoms with Crippen molar-refractivity contribution in [2.75, 3.05) is 31.7 Å². The molecule has 0 aromatic heterocycles. The van der Waals surface area contributed by atoms with Crippen molar-refractivity contribution in [3.63, 3.8) is 0 Å². The Morgan fingerprint density at radius 2 is 2.25 bits per heavy atom. The molecule has 2 aliphatic rings. The van der Waals surface area contributed by atoms with Crippen LogP contribution in [0.1, 0.15) is 19.8 Å². The second kappa shape index (κ2) is 5.71. The lowest BCUT2D eigenvalue weighted by atomic mass is 10.0. The number of carbonyl (C=O) groups is 1. The molecular weight excluding hydrogens is 256 g/mol. The number of hydrogen-bond donors (Lipinski definition) is 2. The van der Waals surface area contributed by atoms with Gasteiger partial charge in [0.2, 0.25) is 6.79 Å². The first-order chi connectivity index (χ1) is 9.70. The molecule has 2 aliphatic heterocycles. The van der Waals surface area contributed by atoms with Gasteiger partial charge in [-0.15, -0.1) is 0 Å². The van der Waals surface area contributed by atoms with Crippen LogP contribution in [0.4, 0.5) is 5.69 Å². The fourth-order valence-electron chi connectivity index (χ4n) is 2.96. The maximum Gasteiger partial charge on any atom is 0.279 e. The molecule has 20 heavy (non-hydrogen) atoms. The lowest BCUT2D eigenvalue weighted by molar-refractivity contribution is -0.900. The van der Waals surface area contributed by atoms with E-state index >= 15 is 0 Å². The van der Waals surface area contributed by atoms with Gasteiger partial charge in [-0.2, -0.15) is 0 Å². The number of nitrogens with one attached hydrogen (secondary N) is 2. The minimum atomic E-state index is 0.0629. The molecule has 0 bridgehead atoms. The quantitative estimate of drug-likeness (QED) is 0.854. The number of likely N-dealkylation sites (tertiary alicyclic amines) is 1. The molecule has 3 rings (SSSR count). The zero-order chi connectivity index (χ0) is 13.9. The van der Waals surface area contributed by atoms with Gasteiger partial charge in [-0.3, -0.25) is 4.79 Å². The van der Waals surface area contributed by atoms with Gasteiger partial charge in [-0.05, 0) is 25.0 Å². The third-order valence-corrected chi connectivity index (χ3v) is 3.93. The van der Waals surface area contributed by atoms with Crippen LogP contribution in [-0.2, 0) is 4.79 Å². The van der Waals surface area contributed by atoms with Gasteiger partial charge in [0.25, 0.3) is 5.91 Å². The van der Waals surface area contributed by atoms with Crippen LogP contribution >= 0.6 is 0 Å². The van der Waals surface area contributed by atoms with Crippen LogP contribution in [0.5, 0.6) is 11.5 Å². The van der Waals surface area contributed by atoms with Gasteiger partial charge in [-0.25, -0.2) is 0 Å². The lowest BCUT2D eigenvalue weighted by Crippen LogP contribution is -3.14.